The number of hydrogen-bond donors (Lipinski definition) is 2. The number of H-pyrrole nitrogens is 1. The highest BCUT2D eigenvalue weighted by Crippen LogP contribution is 2.27. The maximum Gasteiger partial charge on any atom is 0.355 e. The van der Waals surface area contributed by atoms with Crippen LogP contribution in [0.25, 0.3) is 10.9 Å². The molecule has 1 amide bonds. The molecule has 156 valence electrons. The van der Waals surface area contributed by atoms with Crippen LogP contribution in [0.3, 0.4) is 0 Å². The van der Waals surface area contributed by atoms with Crippen molar-refractivity contribution >= 4 is 28.5 Å². The van der Waals surface area contributed by atoms with Crippen molar-refractivity contribution in [2.75, 3.05) is 11.9 Å². The van der Waals surface area contributed by atoms with Crippen molar-refractivity contribution in [3.8, 4) is 5.75 Å². The number of aromatic amines is 1. The molecule has 2 N–H and O–H groups in total. The van der Waals surface area contributed by atoms with E-state index in [1.54, 1.807) is 48.5 Å². The van der Waals surface area contributed by atoms with Gasteiger partial charge in [0.05, 0.1) is 12.3 Å². The molecule has 1 atom stereocenters. The van der Waals surface area contributed by atoms with E-state index < -0.39 is 18.0 Å². The number of carbonyl (C=O) groups is 2. The lowest BCUT2D eigenvalue weighted by atomic mass is 10.1. The fourth-order valence-corrected chi connectivity index (χ4v) is 3.30. The Balaban J connectivity index is 1.60. The van der Waals surface area contributed by atoms with E-state index in [2.05, 4.69) is 10.3 Å². The van der Waals surface area contributed by atoms with Crippen molar-refractivity contribution in [3.63, 3.8) is 0 Å². The molecule has 0 fully saturated rings. The second-order valence-electron chi connectivity index (χ2n) is 6.88. The topological polar surface area (TPSA) is 80.4 Å². The number of fused-ring (bicyclic) bond motifs is 1. The van der Waals surface area contributed by atoms with Crippen LogP contribution in [-0.4, -0.2) is 23.5 Å². The maximum absolute atomic E-state index is 13.2. The van der Waals surface area contributed by atoms with Crippen molar-refractivity contribution in [3.05, 3.63) is 96.2 Å². The molecule has 0 radical (unpaired) electrons. The first kappa shape index (κ1) is 20.2. The number of para-hydroxylation sites is 3. The molecule has 0 aliphatic rings. The van der Waals surface area contributed by atoms with Gasteiger partial charge in [-0.1, -0.05) is 60.7 Å². The molecule has 1 unspecified atom stereocenters. The predicted molar refractivity (Wildman–Crippen MR) is 119 cm³/mol. The van der Waals surface area contributed by atoms with Crippen LogP contribution in [0.1, 0.15) is 29.1 Å². The summed E-state index contributed by atoms with van der Waals surface area (Å²) in [5, 5.41) is 3.72. The van der Waals surface area contributed by atoms with Gasteiger partial charge in [-0.2, -0.15) is 0 Å². The van der Waals surface area contributed by atoms with Gasteiger partial charge < -0.3 is 19.8 Å². The SMILES string of the molecule is CCOc1ccccc1NC(=O)C(OC(=O)c1cc2ccccc2[nH]1)c1ccccc1. The van der Waals surface area contributed by atoms with Gasteiger partial charge in [0.15, 0.2) is 0 Å². The molecule has 1 aromatic heterocycles. The summed E-state index contributed by atoms with van der Waals surface area (Å²) in [6.45, 7) is 2.33. The Morgan fingerprint density at radius 1 is 0.935 bits per heavy atom. The van der Waals surface area contributed by atoms with Crippen LogP contribution in [0, 0.1) is 0 Å². The lowest BCUT2D eigenvalue weighted by Crippen LogP contribution is -2.26. The molecule has 6 nitrogen and oxygen atoms in total. The number of carbonyl (C=O) groups excluding carboxylic acids is 2. The molecular formula is C25H22N2O4. The molecule has 3 aromatic carbocycles. The Bertz CT molecular complexity index is 1170. The monoisotopic (exact) mass is 414 g/mol. The first-order chi connectivity index (χ1) is 15.2. The third kappa shape index (κ3) is 4.59. The third-order valence-electron chi connectivity index (χ3n) is 4.76. The van der Waals surface area contributed by atoms with Crippen molar-refractivity contribution in [1.29, 1.82) is 0 Å². The number of amides is 1. The number of ether oxygens (including phenoxy) is 2. The van der Waals surface area contributed by atoms with Crippen LogP contribution in [0.2, 0.25) is 0 Å². The number of rotatable bonds is 7. The summed E-state index contributed by atoms with van der Waals surface area (Å²) in [4.78, 5) is 29.1. The minimum absolute atomic E-state index is 0.282. The number of esters is 1. The van der Waals surface area contributed by atoms with E-state index in [9.17, 15) is 9.59 Å². The molecule has 6 heteroatoms. The van der Waals surface area contributed by atoms with Gasteiger partial charge in [0, 0.05) is 16.5 Å². The maximum atomic E-state index is 13.2. The van der Waals surface area contributed by atoms with Gasteiger partial charge in [0.1, 0.15) is 11.4 Å². The van der Waals surface area contributed by atoms with Crippen LogP contribution in [0.4, 0.5) is 5.69 Å². The van der Waals surface area contributed by atoms with Crippen LogP contribution in [-0.2, 0) is 9.53 Å². The predicted octanol–water partition coefficient (Wildman–Crippen LogP) is 5.10. The molecule has 0 aliphatic carbocycles. The first-order valence-corrected chi connectivity index (χ1v) is 10.0. The Morgan fingerprint density at radius 2 is 1.65 bits per heavy atom. The Kier molecular flexibility index (Phi) is 5.98. The van der Waals surface area contributed by atoms with E-state index >= 15 is 0 Å². The van der Waals surface area contributed by atoms with Gasteiger partial charge in [-0.3, -0.25) is 4.79 Å². The van der Waals surface area contributed by atoms with E-state index in [1.165, 1.54) is 0 Å². The quantitative estimate of drug-likeness (QED) is 0.412. The largest absolute Gasteiger partial charge is 0.492 e. The average Bonchev–Trinajstić information content (AvgIpc) is 3.24. The van der Waals surface area contributed by atoms with Gasteiger partial charge in [0.25, 0.3) is 5.91 Å². The lowest BCUT2D eigenvalue weighted by molar-refractivity contribution is -0.125. The molecule has 31 heavy (non-hydrogen) atoms. The molecule has 0 saturated carbocycles. The van der Waals surface area contributed by atoms with Crippen LogP contribution < -0.4 is 10.1 Å². The highest BCUT2D eigenvalue weighted by Gasteiger charge is 2.27. The van der Waals surface area contributed by atoms with Crippen LogP contribution >= 0.6 is 0 Å². The highest BCUT2D eigenvalue weighted by atomic mass is 16.5. The second-order valence-corrected chi connectivity index (χ2v) is 6.88. The summed E-state index contributed by atoms with van der Waals surface area (Å²) in [5.41, 5.74) is 2.18. The fraction of sp³-hybridized carbons (Fsp3) is 0.120. The number of aromatic nitrogens is 1. The highest BCUT2D eigenvalue weighted by molar-refractivity contribution is 6.00. The van der Waals surface area contributed by atoms with Gasteiger partial charge in [-0.15, -0.1) is 0 Å². The minimum Gasteiger partial charge on any atom is -0.492 e. The summed E-state index contributed by atoms with van der Waals surface area (Å²) < 4.78 is 11.2. The lowest BCUT2D eigenvalue weighted by Gasteiger charge is -2.19. The summed E-state index contributed by atoms with van der Waals surface area (Å²) in [6, 6.07) is 25.3. The second kappa shape index (κ2) is 9.17. The Morgan fingerprint density at radius 3 is 2.42 bits per heavy atom. The molecule has 0 aliphatic heterocycles. The van der Waals surface area contributed by atoms with E-state index in [0.717, 1.165) is 10.9 Å². The zero-order valence-corrected chi connectivity index (χ0v) is 17.0. The molecule has 0 saturated heterocycles. The standard InChI is InChI=1S/C25H22N2O4/c1-2-30-22-15-9-8-14-20(22)27-24(28)23(17-10-4-3-5-11-17)31-25(29)21-16-18-12-6-7-13-19(18)26-21/h3-16,23,26H,2H2,1H3,(H,27,28). The first-order valence-electron chi connectivity index (χ1n) is 10.0. The van der Waals surface area contributed by atoms with Crippen molar-refractivity contribution in [1.82, 2.24) is 4.98 Å². The number of hydrogen-bond acceptors (Lipinski definition) is 4. The van der Waals surface area contributed by atoms with Gasteiger partial charge >= 0.3 is 5.97 Å². The van der Waals surface area contributed by atoms with Crippen molar-refractivity contribution in [2.24, 2.45) is 0 Å². The van der Waals surface area contributed by atoms with Crippen LogP contribution in [0.5, 0.6) is 5.75 Å². The fourth-order valence-electron chi connectivity index (χ4n) is 3.30. The third-order valence-corrected chi connectivity index (χ3v) is 4.76. The van der Waals surface area contributed by atoms with Crippen LogP contribution in [0.15, 0.2) is 84.9 Å². The summed E-state index contributed by atoms with van der Waals surface area (Å²) in [6.07, 6.45) is -1.13. The molecule has 0 spiro atoms. The van der Waals surface area contributed by atoms with Gasteiger partial charge in [0.2, 0.25) is 6.10 Å². The minimum atomic E-state index is -1.13. The Hall–Kier alpha value is -4.06. The normalized spacial score (nSPS) is 11.6. The van der Waals surface area contributed by atoms with Gasteiger partial charge in [-0.05, 0) is 31.2 Å². The zero-order valence-electron chi connectivity index (χ0n) is 17.0. The average molecular weight is 414 g/mol. The summed E-state index contributed by atoms with van der Waals surface area (Å²) in [7, 11) is 0. The summed E-state index contributed by atoms with van der Waals surface area (Å²) in [5.74, 6) is -0.534. The van der Waals surface area contributed by atoms with E-state index in [-0.39, 0.29) is 5.69 Å². The number of nitrogens with one attached hydrogen (secondary N) is 2. The van der Waals surface area contributed by atoms with E-state index in [1.807, 2.05) is 43.3 Å². The molecule has 4 rings (SSSR count). The number of anilines is 1. The molecule has 1 heterocycles. The number of benzene rings is 3. The van der Waals surface area contributed by atoms with Crippen molar-refractivity contribution < 1.29 is 19.1 Å². The summed E-state index contributed by atoms with van der Waals surface area (Å²) >= 11 is 0. The van der Waals surface area contributed by atoms with Gasteiger partial charge in [-0.25, -0.2) is 4.79 Å². The van der Waals surface area contributed by atoms with E-state index in [0.29, 0.717) is 23.6 Å². The Labute approximate surface area is 179 Å². The zero-order chi connectivity index (χ0) is 21.6. The van der Waals surface area contributed by atoms with Crippen molar-refractivity contribution in [2.45, 2.75) is 13.0 Å². The molecule has 0 bridgehead atoms. The smallest absolute Gasteiger partial charge is 0.355 e. The van der Waals surface area contributed by atoms with E-state index in [4.69, 9.17) is 9.47 Å². The molecule has 4 aromatic rings. The molecular weight excluding hydrogens is 392 g/mol.